The third-order valence-corrected chi connectivity index (χ3v) is 6.52. The van der Waals surface area contributed by atoms with Gasteiger partial charge >= 0.3 is 0 Å². The van der Waals surface area contributed by atoms with Crippen molar-refractivity contribution in [3.8, 4) is 11.3 Å². The lowest BCUT2D eigenvalue weighted by Crippen LogP contribution is -2.46. The second-order valence-corrected chi connectivity index (χ2v) is 8.90. The standard InChI is InChI=1S/C28H32N4O/c1-22-10-12-24(13-11-22)32-18-16-31(17-19-32)15-5-14-29-21-25-20-28(30-33-25)27-9-4-7-23-6-2-3-8-26(23)27/h2-4,6-13,20,29H,5,14-19,21H2,1H3. The van der Waals surface area contributed by atoms with E-state index in [4.69, 9.17) is 4.52 Å². The molecule has 0 saturated carbocycles. The van der Waals surface area contributed by atoms with Gasteiger partial charge in [-0.25, -0.2) is 0 Å². The second kappa shape index (κ2) is 10.2. The molecule has 2 heterocycles. The molecule has 0 unspecified atom stereocenters. The molecule has 3 aromatic carbocycles. The third kappa shape index (κ3) is 5.27. The van der Waals surface area contributed by atoms with Crippen molar-refractivity contribution in [2.45, 2.75) is 19.9 Å². The van der Waals surface area contributed by atoms with Gasteiger partial charge in [0, 0.05) is 43.5 Å². The molecule has 5 nitrogen and oxygen atoms in total. The number of nitrogens with zero attached hydrogens (tertiary/aromatic N) is 3. The number of fused-ring (bicyclic) bond motifs is 1. The third-order valence-electron chi connectivity index (χ3n) is 6.52. The van der Waals surface area contributed by atoms with E-state index < -0.39 is 0 Å². The molecule has 0 atom stereocenters. The van der Waals surface area contributed by atoms with E-state index in [1.54, 1.807) is 0 Å². The molecular weight excluding hydrogens is 408 g/mol. The van der Waals surface area contributed by atoms with Crippen LogP contribution >= 0.6 is 0 Å². The van der Waals surface area contributed by atoms with E-state index in [0.717, 1.165) is 62.7 Å². The van der Waals surface area contributed by atoms with Gasteiger partial charge in [-0.2, -0.15) is 0 Å². The first-order valence-corrected chi connectivity index (χ1v) is 11.9. The van der Waals surface area contributed by atoms with Gasteiger partial charge in [-0.15, -0.1) is 0 Å². The number of anilines is 1. The molecule has 5 heteroatoms. The maximum Gasteiger partial charge on any atom is 0.151 e. The molecule has 1 aromatic heterocycles. The highest BCUT2D eigenvalue weighted by Gasteiger charge is 2.16. The summed E-state index contributed by atoms with van der Waals surface area (Å²) in [7, 11) is 0. The van der Waals surface area contributed by atoms with E-state index in [0.29, 0.717) is 6.54 Å². The molecule has 0 spiro atoms. The quantitative estimate of drug-likeness (QED) is 0.386. The van der Waals surface area contributed by atoms with Gasteiger partial charge in [0.15, 0.2) is 5.76 Å². The molecule has 170 valence electrons. The molecule has 5 rings (SSSR count). The maximum absolute atomic E-state index is 5.60. The summed E-state index contributed by atoms with van der Waals surface area (Å²) in [4.78, 5) is 5.06. The Labute approximate surface area is 196 Å². The lowest BCUT2D eigenvalue weighted by atomic mass is 10.0. The van der Waals surface area contributed by atoms with Crippen molar-refractivity contribution in [2.75, 3.05) is 44.2 Å². The molecule has 1 aliphatic heterocycles. The molecule has 4 aromatic rings. The van der Waals surface area contributed by atoms with Crippen LogP contribution in [0.25, 0.3) is 22.0 Å². The largest absolute Gasteiger partial charge is 0.369 e. The van der Waals surface area contributed by atoms with Crippen LogP contribution in [-0.2, 0) is 6.54 Å². The maximum atomic E-state index is 5.60. The van der Waals surface area contributed by atoms with E-state index >= 15 is 0 Å². The van der Waals surface area contributed by atoms with E-state index in [9.17, 15) is 0 Å². The minimum Gasteiger partial charge on any atom is -0.369 e. The van der Waals surface area contributed by atoms with Gasteiger partial charge in [-0.3, -0.25) is 4.90 Å². The average molecular weight is 441 g/mol. The molecular formula is C28H32N4O. The van der Waals surface area contributed by atoms with Crippen molar-refractivity contribution in [1.29, 1.82) is 0 Å². The van der Waals surface area contributed by atoms with Gasteiger partial charge in [0.1, 0.15) is 5.69 Å². The summed E-state index contributed by atoms with van der Waals surface area (Å²) in [5.41, 5.74) is 4.68. The SMILES string of the molecule is Cc1ccc(N2CCN(CCCNCc3cc(-c4cccc5ccccc45)no3)CC2)cc1. The number of hydrogen-bond donors (Lipinski definition) is 1. The Bertz CT molecular complexity index is 1170. The number of benzene rings is 3. The van der Waals surface area contributed by atoms with Crippen molar-refractivity contribution in [1.82, 2.24) is 15.4 Å². The van der Waals surface area contributed by atoms with Gasteiger partial charge in [0.2, 0.25) is 0 Å². The molecule has 1 aliphatic rings. The Balaban J connectivity index is 1.04. The molecule has 0 bridgehead atoms. The predicted molar refractivity (Wildman–Crippen MR) is 136 cm³/mol. The van der Waals surface area contributed by atoms with E-state index in [1.165, 1.54) is 22.0 Å². The molecule has 0 amide bonds. The van der Waals surface area contributed by atoms with Gasteiger partial charge in [0.05, 0.1) is 6.54 Å². The first-order chi connectivity index (χ1) is 16.3. The van der Waals surface area contributed by atoms with Gasteiger partial charge < -0.3 is 14.7 Å². The zero-order valence-corrected chi connectivity index (χ0v) is 19.3. The van der Waals surface area contributed by atoms with E-state index in [1.807, 2.05) is 0 Å². The Hall–Kier alpha value is -3.15. The fourth-order valence-electron chi connectivity index (χ4n) is 4.60. The Morgan fingerprint density at radius 1 is 0.909 bits per heavy atom. The Morgan fingerprint density at radius 2 is 1.70 bits per heavy atom. The summed E-state index contributed by atoms with van der Waals surface area (Å²) in [5, 5.41) is 10.3. The van der Waals surface area contributed by atoms with Crippen molar-refractivity contribution in [3.05, 3.63) is 84.1 Å². The smallest absolute Gasteiger partial charge is 0.151 e. The number of rotatable bonds is 8. The van der Waals surface area contributed by atoms with Crippen LogP contribution in [0.2, 0.25) is 0 Å². The highest BCUT2D eigenvalue weighted by atomic mass is 16.5. The summed E-state index contributed by atoms with van der Waals surface area (Å²) < 4.78 is 5.60. The summed E-state index contributed by atoms with van der Waals surface area (Å²) in [6.45, 7) is 9.42. The molecule has 0 radical (unpaired) electrons. The zero-order valence-electron chi connectivity index (χ0n) is 19.3. The van der Waals surface area contributed by atoms with Crippen LogP contribution < -0.4 is 10.2 Å². The van der Waals surface area contributed by atoms with Gasteiger partial charge in [-0.1, -0.05) is 65.3 Å². The zero-order chi connectivity index (χ0) is 22.5. The summed E-state index contributed by atoms with van der Waals surface area (Å²) >= 11 is 0. The Morgan fingerprint density at radius 3 is 2.55 bits per heavy atom. The van der Waals surface area contributed by atoms with Gasteiger partial charge in [-0.05, 0) is 49.3 Å². The first-order valence-electron chi connectivity index (χ1n) is 11.9. The van der Waals surface area contributed by atoms with E-state index in [-0.39, 0.29) is 0 Å². The fraction of sp³-hybridized carbons (Fsp3) is 0.321. The second-order valence-electron chi connectivity index (χ2n) is 8.90. The molecule has 0 aliphatic carbocycles. The topological polar surface area (TPSA) is 44.5 Å². The monoisotopic (exact) mass is 440 g/mol. The van der Waals surface area contributed by atoms with Crippen LogP contribution in [0.3, 0.4) is 0 Å². The minimum absolute atomic E-state index is 0.707. The van der Waals surface area contributed by atoms with Crippen LogP contribution in [0.1, 0.15) is 17.7 Å². The molecule has 1 N–H and O–H groups in total. The number of aryl methyl sites for hydroxylation is 1. The van der Waals surface area contributed by atoms with Crippen LogP contribution in [-0.4, -0.2) is 49.3 Å². The number of nitrogens with one attached hydrogen (secondary N) is 1. The number of piperazine rings is 1. The van der Waals surface area contributed by atoms with Gasteiger partial charge in [0.25, 0.3) is 0 Å². The first kappa shape index (κ1) is 21.7. The highest BCUT2D eigenvalue weighted by molar-refractivity contribution is 5.95. The summed E-state index contributed by atoms with van der Waals surface area (Å²) in [6.07, 6.45) is 1.13. The van der Waals surface area contributed by atoms with Crippen molar-refractivity contribution in [3.63, 3.8) is 0 Å². The fourth-order valence-corrected chi connectivity index (χ4v) is 4.60. The Kier molecular flexibility index (Phi) is 6.70. The van der Waals surface area contributed by atoms with Crippen LogP contribution in [0.4, 0.5) is 5.69 Å². The van der Waals surface area contributed by atoms with E-state index in [2.05, 4.69) is 100.0 Å². The molecule has 33 heavy (non-hydrogen) atoms. The molecule has 1 saturated heterocycles. The minimum atomic E-state index is 0.707. The van der Waals surface area contributed by atoms with Crippen LogP contribution in [0, 0.1) is 6.92 Å². The number of aromatic nitrogens is 1. The lowest BCUT2D eigenvalue weighted by Gasteiger charge is -2.36. The van der Waals surface area contributed by atoms with Crippen LogP contribution in [0.15, 0.2) is 77.3 Å². The van der Waals surface area contributed by atoms with Crippen LogP contribution in [0.5, 0.6) is 0 Å². The van der Waals surface area contributed by atoms with Crippen molar-refractivity contribution in [2.24, 2.45) is 0 Å². The van der Waals surface area contributed by atoms with Crippen molar-refractivity contribution < 1.29 is 4.52 Å². The summed E-state index contributed by atoms with van der Waals surface area (Å²) in [6, 6.07) is 25.6. The highest BCUT2D eigenvalue weighted by Crippen LogP contribution is 2.28. The lowest BCUT2D eigenvalue weighted by molar-refractivity contribution is 0.253. The van der Waals surface area contributed by atoms with Crippen molar-refractivity contribution >= 4 is 16.5 Å². The molecule has 1 fully saturated rings. The average Bonchev–Trinajstić information content (AvgIpc) is 3.33. The summed E-state index contributed by atoms with van der Waals surface area (Å²) in [5.74, 6) is 0.879. The normalized spacial score (nSPS) is 14.8. The predicted octanol–water partition coefficient (Wildman–Crippen LogP) is 5.11. The number of hydrogen-bond acceptors (Lipinski definition) is 5.